The predicted octanol–water partition coefficient (Wildman–Crippen LogP) is 7.98. The zero-order valence-electron chi connectivity index (χ0n) is 19.9. The zero-order chi connectivity index (χ0) is 21.4. The summed E-state index contributed by atoms with van der Waals surface area (Å²) >= 11 is 0. The molecule has 0 spiro atoms. The number of unbranched alkanes of at least 4 members (excludes halogenated alkanes) is 15. The summed E-state index contributed by atoms with van der Waals surface area (Å²) in [5, 5.41) is 8.82. The SMILES string of the molecule is CCCCCCCCCCC(CCCCCCCC)C(=O)OCCCCCCO. The molecule has 0 heterocycles. The second-order valence-electron chi connectivity index (χ2n) is 8.82. The van der Waals surface area contributed by atoms with Crippen LogP contribution in [0.15, 0.2) is 0 Å². The molecule has 1 atom stereocenters. The fourth-order valence-electron chi connectivity index (χ4n) is 3.93. The molecule has 0 aliphatic carbocycles. The second kappa shape index (κ2) is 23.7. The molecule has 0 aliphatic rings. The first-order valence-corrected chi connectivity index (χ1v) is 13.0. The summed E-state index contributed by atoms with van der Waals surface area (Å²) in [7, 11) is 0. The number of carbonyl (C=O) groups is 1. The lowest BCUT2D eigenvalue weighted by atomic mass is 9.94. The molecule has 0 aromatic rings. The minimum atomic E-state index is 0.0451. The molecular weight excluding hydrogens is 360 g/mol. The second-order valence-corrected chi connectivity index (χ2v) is 8.82. The van der Waals surface area contributed by atoms with Crippen LogP contribution in [0.3, 0.4) is 0 Å². The van der Waals surface area contributed by atoms with Crippen molar-refractivity contribution in [2.45, 2.75) is 142 Å². The highest BCUT2D eigenvalue weighted by Crippen LogP contribution is 2.21. The molecular formula is C26H52O3. The van der Waals surface area contributed by atoms with Crippen molar-refractivity contribution in [1.29, 1.82) is 0 Å². The van der Waals surface area contributed by atoms with Crippen molar-refractivity contribution in [3.8, 4) is 0 Å². The standard InChI is InChI=1S/C26H52O3/c1-3-5-7-9-11-12-14-18-22-25(21-17-13-10-8-6-4-2)26(28)29-24-20-16-15-19-23-27/h25,27H,3-24H2,1-2H3. The molecule has 1 unspecified atom stereocenters. The van der Waals surface area contributed by atoms with Gasteiger partial charge in [0.2, 0.25) is 0 Å². The van der Waals surface area contributed by atoms with Crippen molar-refractivity contribution in [2.24, 2.45) is 5.92 Å². The van der Waals surface area contributed by atoms with E-state index in [1.165, 1.54) is 83.5 Å². The van der Waals surface area contributed by atoms with Crippen LogP contribution in [0.5, 0.6) is 0 Å². The average Bonchev–Trinajstić information content (AvgIpc) is 2.73. The molecule has 3 heteroatoms. The van der Waals surface area contributed by atoms with Crippen LogP contribution in [-0.2, 0) is 9.53 Å². The van der Waals surface area contributed by atoms with Gasteiger partial charge in [-0.3, -0.25) is 4.79 Å². The number of hydrogen-bond donors (Lipinski definition) is 1. The van der Waals surface area contributed by atoms with E-state index in [2.05, 4.69) is 13.8 Å². The number of carbonyl (C=O) groups excluding carboxylic acids is 1. The summed E-state index contributed by atoms with van der Waals surface area (Å²) in [6.45, 7) is 5.32. The highest BCUT2D eigenvalue weighted by molar-refractivity contribution is 5.72. The highest BCUT2D eigenvalue weighted by Gasteiger charge is 2.19. The summed E-state index contributed by atoms with van der Waals surface area (Å²) in [5.74, 6) is 0.155. The van der Waals surface area contributed by atoms with Gasteiger partial charge in [0.05, 0.1) is 12.5 Å². The van der Waals surface area contributed by atoms with Gasteiger partial charge >= 0.3 is 5.97 Å². The van der Waals surface area contributed by atoms with Gasteiger partial charge < -0.3 is 9.84 Å². The molecule has 174 valence electrons. The summed E-state index contributed by atoms with van der Waals surface area (Å²) in [6, 6.07) is 0. The molecule has 0 saturated heterocycles. The van der Waals surface area contributed by atoms with E-state index in [0.29, 0.717) is 6.61 Å². The minimum Gasteiger partial charge on any atom is -0.465 e. The largest absolute Gasteiger partial charge is 0.465 e. The maximum atomic E-state index is 12.6. The summed E-state index contributed by atoms with van der Waals surface area (Å²) in [6.07, 6.45) is 24.0. The third kappa shape index (κ3) is 20.5. The fraction of sp³-hybridized carbons (Fsp3) is 0.962. The number of ether oxygens (including phenoxy) is 1. The molecule has 0 bridgehead atoms. The normalized spacial score (nSPS) is 12.2. The Hall–Kier alpha value is -0.570. The number of aliphatic hydroxyl groups is 1. The van der Waals surface area contributed by atoms with Crippen molar-refractivity contribution in [3.05, 3.63) is 0 Å². The van der Waals surface area contributed by atoms with Crippen LogP contribution in [0.1, 0.15) is 142 Å². The van der Waals surface area contributed by atoms with E-state index < -0.39 is 0 Å². The lowest BCUT2D eigenvalue weighted by Crippen LogP contribution is -2.18. The first kappa shape index (κ1) is 28.4. The third-order valence-corrected chi connectivity index (χ3v) is 5.94. The molecule has 0 aromatic carbocycles. The first-order valence-electron chi connectivity index (χ1n) is 13.0. The topological polar surface area (TPSA) is 46.5 Å². The number of hydrogen-bond acceptors (Lipinski definition) is 3. The van der Waals surface area contributed by atoms with Gasteiger partial charge in [0.15, 0.2) is 0 Å². The van der Waals surface area contributed by atoms with E-state index in [0.717, 1.165) is 44.9 Å². The molecule has 0 saturated carbocycles. The van der Waals surface area contributed by atoms with Gasteiger partial charge in [-0.1, -0.05) is 110 Å². The van der Waals surface area contributed by atoms with E-state index in [1.807, 2.05) is 0 Å². The van der Waals surface area contributed by atoms with Gasteiger partial charge in [0, 0.05) is 6.61 Å². The van der Waals surface area contributed by atoms with Crippen molar-refractivity contribution in [2.75, 3.05) is 13.2 Å². The quantitative estimate of drug-likeness (QED) is 0.137. The van der Waals surface area contributed by atoms with Crippen molar-refractivity contribution in [3.63, 3.8) is 0 Å². The van der Waals surface area contributed by atoms with Crippen LogP contribution in [0, 0.1) is 5.92 Å². The van der Waals surface area contributed by atoms with Gasteiger partial charge in [-0.05, 0) is 32.1 Å². The lowest BCUT2D eigenvalue weighted by Gasteiger charge is -2.16. The van der Waals surface area contributed by atoms with E-state index in [4.69, 9.17) is 9.84 Å². The maximum absolute atomic E-state index is 12.6. The summed E-state index contributed by atoms with van der Waals surface area (Å²) in [4.78, 5) is 12.6. The minimum absolute atomic E-state index is 0.0451. The van der Waals surface area contributed by atoms with Gasteiger partial charge in [0.25, 0.3) is 0 Å². The Morgan fingerprint density at radius 1 is 0.621 bits per heavy atom. The molecule has 0 rings (SSSR count). The summed E-state index contributed by atoms with van der Waals surface area (Å²) < 4.78 is 5.60. The van der Waals surface area contributed by atoms with Crippen LogP contribution < -0.4 is 0 Å². The number of aliphatic hydroxyl groups excluding tert-OH is 1. The van der Waals surface area contributed by atoms with Gasteiger partial charge in [-0.2, -0.15) is 0 Å². The predicted molar refractivity (Wildman–Crippen MR) is 125 cm³/mol. The fourth-order valence-corrected chi connectivity index (χ4v) is 3.93. The van der Waals surface area contributed by atoms with Gasteiger partial charge in [-0.15, -0.1) is 0 Å². The van der Waals surface area contributed by atoms with Crippen molar-refractivity contribution in [1.82, 2.24) is 0 Å². The van der Waals surface area contributed by atoms with Crippen LogP contribution >= 0.6 is 0 Å². The molecule has 0 aromatic heterocycles. The third-order valence-electron chi connectivity index (χ3n) is 5.94. The Morgan fingerprint density at radius 3 is 1.52 bits per heavy atom. The van der Waals surface area contributed by atoms with E-state index >= 15 is 0 Å². The first-order chi connectivity index (χ1) is 14.3. The summed E-state index contributed by atoms with van der Waals surface area (Å²) in [5.41, 5.74) is 0. The Bertz CT molecular complexity index is 330. The van der Waals surface area contributed by atoms with Crippen LogP contribution in [0.25, 0.3) is 0 Å². The van der Waals surface area contributed by atoms with Gasteiger partial charge in [-0.25, -0.2) is 0 Å². The van der Waals surface area contributed by atoms with E-state index in [-0.39, 0.29) is 18.5 Å². The molecule has 0 amide bonds. The van der Waals surface area contributed by atoms with E-state index in [9.17, 15) is 4.79 Å². The average molecular weight is 413 g/mol. The Morgan fingerprint density at radius 2 is 1.03 bits per heavy atom. The van der Waals surface area contributed by atoms with Crippen LogP contribution in [-0.4, -0.2) is 24.3 Å². The Kier molecular flexibility index (Phi) is 23.2. The zero-order valence-corrected chi connectivity index (χ0v) is 19.9. The molecule has 0 radical (unpaired) electrons. The Balaban J connectivity index is 4.02. The van der Waals surface area contributed by atoms with Crippen LogP contribution in [0.4, 0.5) is 0 Å². The molecule has 0 fully saturated rings. The van der Waals surface area contributed by atoms with E-state index in [1.54, 1.807) is 0 Å². The lowest BCUT2D eigenvalue weighted by molar-refractivity contribution is -0.149. The highest BCUT2D eigenvalue weighted by atomic mass is 16.5. The van der Waals surface area contributed by atoms with Crippen molar-refractivity contribution < 1.29 is 14.6 Å². The van der Waals surface area contributed by atoms with Crippen LogP contribution in [0.2, 0.25) is 0 Å². The molecule has 3 nitrogen and oxygen atoms in total. The van der Waals surface area contributed by atoms with Gasteiger partial charge in [0.1, 0.15) is 0 Å². The van der Waals surface area contributed by atoms with Crippen molar-refractivity contribution >= 4 is 5.97 Å². The number of esters is 1. The smallest absolute Gasteiger partial charge is 0.308 e. The maximum Gasteiger partial charge on any atom is 0.308 e. The molecule has 1 N–H and O–H groups in total. The number of rotatable bonds is 23. The molecule has 29 heavy (non-hydrogen) atoms. The monoisotopic (exact) mass is 412 g/mol. The molecule has 0 aliphatic heterocycles. The Labute approximate surface area is 182 Å².